The molecule has 3 rings (SSSR count). The van der Waals surface area contributed by atoms with Crippen LogP contribution in [0, 0.1) is 6.92 Å². The fourth-order valence-corrected chi connectivity index (χ4v) is 2.78. The molecule has 20 heavy (non-hydrogen) atoms. The zero-order valence-corrected chi connectivity index (χ0v) is 11.7. The predicted molar refractivity (Wildman–Crippen MR) is 78.9 cm³/mol. The van der Waals surface area contributed by atoms with E-state index in [4.69, 9.17) is 5.73 Å². The van der Waals surface area contributed by atoms with Crippen LogP contribution in [0.1, 0.15) is 49.4 Å². The number of hydrogen-bond acceptors (Lipinski definition) is 5. The number of aryl methyl sites for hydroxylation is 1. The normalized spacial score (nSPS) is 16.2. The van der Waals surface area contributed by atoms with Crippen molar-refractivity contribution in [2.75, 3.05) is 11.1 Å². The molecule has 6 nitrogen and oxygen atoms in total. The van der Waals surface area contributed by atoms with E-state index in [1.165, 1.54) is 32.1 Å². The highest BCUT2D eigenvalue weighted by molar-refractivity contribution is 5.54. The van der Waals surface area contributed by atoms with Gasteiger partial charge in [-0.2, -0.15) is 5.10 Å². The lowest BCUT2D eigenvalue weighted by atomic mass is 9.87. The highest BCUT2D eigenvalue weighted by Crippen LogP contribution is 2.33. The lowest BCUT2D eigenvalue weighted by molar-refractivity contribution is 0.437. The van der Waals surface area contributed by atoms with Gasteiger partial charge in [0, 0.05) is 17.7 Å². The number of hydrogen-bond donors (Lipinski definition) is 3. The Morgan fingerprint density at radius 3 is 2.70 bits per heavy atom. The average Bonchev–Trinajstić information content (AvgIpc) is 2.85. The summed E-state index contributed by atoms with van der Waals surface area (Å²) in [7, 11) is 0. The third-order valence-corrected chi connectivity index (χ3v) is 3.78. The quantitative estimate of drug-likeness (QED) is 0.799. The van der Waals surface area contributed by atoms with Gasteiger partial charge in [-0.05, 0) is 19.8 Å². The number of rotatable bonds is 3. The van der Waals surface area contributed by atoms with Crippen molar-refractivity contribution in [3.8, 4) is 0 Å². The van der Waals surface area contributed by atoms with Gasteiger partial charge in [-0.1, -0.05) is 19.3 Å². The maximum Gasteiger partial charge on any atom is 0.153 e. The molecule has 6 heteroatoms. The summed E-state index contributed by atoms with van der Waals surface area (Å²) in [5.74, 6) is 2.36. The lowest BCUT2D eigenvalue weighted by Gasteiger charge is -2.21. The molecule has 1 fully saturated rings. The molecule has 1 saturated carbocycles. The van der Waals surface area contributed by atoms with E-state index in [1.54, 1.807) is 6.20 Å². The highest BCUT2D eigenvalue weighted by Gasteiger charge is 2.20. The summed E-state index contributed by atoms with van der Waals surface area (Å²) in [5, 5.41) is 10.1. The van der Waals surface area contributed by atoms with Crippen molar-refractivity contribution in [3.63, 3.8) is 0 Å². The molecular weight excluding hydrogens is 252 g/mol. The summed E-state index contributed by atoms with van der Waals surface area (Å²) in [4.78, 5) is 8.92. The predicted octanol–water partition coefficient (Wildman–Crippen LogP) is 2.88. The maximum absolute atomic E-state index is 6.07. The molecular formula is C14H20N6. The molecule has 0 unspecified atom stereocenters. The van der Waals surface area contributed by atoms with Crippen LogP contribution in [-0.2, 0) is 0 Å². The molecule has 0 spiro atoms. The number of anilines is 3. The third-order valence-electron chi connectivity index (χ3n) is 3.78. The van der Waals surface area contributed by atoms with E-state index in [0.29, 0.717) is 17.6 Å². The summed E-state index contributed by atoms with van der Waals surface area (Å²) < 4.78 is 0. The Hall–Kier alpha value is -2.11. The van der Waals surface area contributed by atoms with E-state index < -0.39 is 0 Å². The number of nitrogen functional groups attached to an aromatic ring is 1. The number of nitrogens with zero attached hydrogens (tertiary/aromatic N) is 3. The average molecular weight is 272 g/mol. The van der Waals surface area contributed by atoms with Crippen molar-refractivity contribution in [1.82, 2.24) is 20.2 Å². The second-order valence-corrected chi connectivity index (χ2v) is 5.42. The minimum atomic E-state index is 0.470. The summed E-state index contributed by atoms with van der Waals surface area (Å²) >= 11 is 0. The molecule has 2 aromatic rings. The molecule has 0 bridgehead atoms. The number of nitrogens with two attached hydrogens (primary N) is 1. The van der Waals surface area contributed by atoms with Gasteiger partial charge in [-0.25, -0.2) is 4.98 Å². The Kier molecular flexibility index (Phi) is 3.54. The van der Waals surface area contributed by atoms with Crippen molar-refractivity contribution >= 4 is 17.5 Å². The first kappa shape index (κ1) is 12.9. The van der Waals surface area contributed by atoms with Gasteiger partial charge in [0.25, 0.3) is 0 Å². The molecule has 1 aliphatic rings. The molecule has 1 aliphatic carbocycles. The lowest BCUT2D eigenvalue weighted by Crippen LogP contribution is -2.11. The summed E-state index contributed by atoms with van der Waals surface area (Å²) in [6.45, 7) is 1.95. The molecule has 0 aliphatic heterocycles. The van der Waals surface area contributed by atoms with E-state index in [1.807, 2.05) is 13.0 Å². The van der Waals surface area contributed by atoms with Crippen LogP contribution in [0.5, 0.6) is 0 Å². The zero-order chi connectivity index (χ0) is 13.9. The van der Waals surface area contributed by atoms with Gasteiger partial charge in [-0.3, -0.25) is 10.1 Å². The third kappa shape index (κ3) is 2.74. The van der Waals surface area contributed by atoms with Crippen molar-refractivity contribution < 1.29 is 0 Å². The van der Waals surface area contributed by atoms with Gasteiger partial charge in [-0.15, -0.1) is 0 Å². The monoisotopic (exact) mass is 272 g/mol. The van der Waals surface area contributed by atoms with Gasteiger partial charge in [0.2, 0.25) is 0 Å². The van der Waals surface area contributed by atoms with Gasteiger partial charge in [0.05, 0.1) is 11.9 Å². The fourth-order valence-electron chi connectivity index (χ4n) is 2.78. The van der Waals surface area contributed by atoms with E-state index in [-0.39, 0.29) is 0 Å². The molecule has 0 aromatic carbocycles. The summed E-state index contributed by atoms with van der Waals surface area (Å²) in [6, 6.07) is 1.91. The Morgan fingerprint density at radius 2 is 2.05 bits per heavy atom. The largest absolute Gasteiger partial charge is 0.382 e. The van der Waals surface area contributed by atoms with E-state index in [2.05, 4.69) is 25.5 Å². The Labute approximate surface area is 118 Å². The van der Waals surface area contributed by atoms with Crippen LogP contribution in [-0.4, -0.2) is 20.2 Å². The van der Waals surface area contributed by atoms with Gasteiger partial charge in [0.1, 0.15) is 5.82 Å². The fraction of sp³-hybridized carbons (Fsp3) is 0.500. The molecule has 2 aromatic heterocycles. The van der Waals surface area contributed by atoms with Crippen molar-refractivity contribution in [3.05, 3.63) is 23.7 Å². The molecule has 2 heterocycles. The first-order valence-electron chi connectivity index (χ1n) is 7.14. The molecule has 0 atom stereocenters. The first-order valence-corrected chi connectivity index (χ1v) is 7.14. The second-order valence-electron chi connectivity index (χ2n) is 5.42. The number of aromatic amines is 1. The van der Waals surface area contributed by atoms with E-state index >= 15 is 0 Å². The first-order chi connectivity index (χ1) is 9.72. The van der Waals surface area contributed by atoms with Gasteiger partial charge < -0.3 is 11.1 Å². The van der Waals surface area contributed by atoms with Crippen LogP contribution in [0.3, 0.4) is 0 Å². The topological polar surface area (TPSA) is 92.5 Å². The molecule has 4 N–H and O–H groups in total. The van der Waals surface area contributed by atoms with Crippen LogP contribution in [0.15, 0.2) is 12.3 Å². The van der Waals surface area contributed by atoms with Gasteiger partial charge >= 0.3 is 0 Å². The molecule has 0 saturated heterocycles. The number of aromatic nitrogens is 4. The van der Waals surface area contributed by atoms with E-state index in [9.17, 15) is 0 Å². The Bertz CT molecular complexity index is 585. The summed E-state index contributed by atoms with van der Waals surface area (Å²) in [6.07, 6.45) is 7.93. The minimum Gasteiger partial charge on any atom is -0.382 e. The molecule has 0 radical (unpaired) electrons. The zero-order valence-electron chi connectivity index (χ0n) is 11.7. The van der Waals surface area contributed by atoms with Crippen LogP contribution >= 0.6 is 0 Å². The molecule has 106 valence electrons. The second kappa shape index (κ2) is 5.48. The van der Waals surface area contributed by atoms with Gasteiger partial charge in [0.15, 0.2) is 11.6 Å². The van der Waals surface area contributed by atoms with Crippen LogP contribution in [0.2, 0.25) is 0 Å². The van der Waals surface area contributed by atoms with Crippen molar-refractivity contribution in [2.45, 2.75) is 44.9 Å². The standard InChI is InChI=1S/C14H20N6/c1-9-7-11(20-19-9)17-12-8-16-13(14(15)18-12)10-5-3-2-4-6-10/h7-8,10H,2-6H2,1H3,(H4,15,17,18,19,20). The smallest absolute Gasteiger partial charge is 0.153 e. The van der Waals surface area contributed by atoms with Crippen LogP contribution in [0.25, 0.3) is 0 Å². The van der Waals surface area contributed by atoms with Crippen LogP contribution < -0.4 is 11.1 Å². The number of H-pyrrole nitrogens is 1. The van der Waals surface area contributed by atoms with E-state index in [0.717, 1.165) is 17.2 Å². The van der Waals surface area contributed by atoms with Crippen molar-refractivity contribution in [2.24, 2.45) is 0 Å². The van der Waals surface area contributed by atoms with Crippen molar-refractivity contribution in [1.29, 1.82) is 0 Å². The SMILES string of the molecule is Cc1cc(Nc2cnc(C3CCCCC3)c(N)n2)n[nH]1. The Morgan fingerprint density at radius 1 is 1.25 bits per heavy atom. The van der Waals surface area contributed by atoms with Crippen LogP contribution in [0.4, 0.5) is 17.5 Å². The highest BCUT2D eigenvalue weighted by atomic mass is 15.2. The maximum atomic E-state index is 6.07. The summed E-state index contributed by atoms with van der Waals surface area (Å²) in [5.41, 5.74) is 8.01. The molecule has 0 amide bonds. The number of nitrogens with one attached hydrogen (secondary N) is 2. The minimum absolute atomic E-state index is 0.470. The Balaban J connectivity index is 1.76.